The molecule has 0 saturated heterocycles. The van der Waals surface area contributed by atoms with Crippen LogP contribution in [0.5, 0.6) is 0 Å². The van der Waals surface area contributed by atoms with Crippen LogP contribution in [0.25, 0.3) is 0 Å². The first kappa shape index (κ1) is 16.4. The Kier molecular flexibility index (Phi) is 6.20. The molecule has 0 radical (unpaired) electrons. The summed E-state index contributed by atoms with van der Waals surface area (Å²) in [4.78, 5) is 12.6. The lowest BCUT2D eigenvalue weighted by atomic mass is 9.90. The maximum absolute atomic E-state index is 12.0. The molecule has 0 saturated carbocycles. The number of hydrogen-bond acceptors (Lipinski definition) is 4. The topological polar surface area (TPSA) is 54.9 Å². The summed E-state index contributed by atoms with van der Waals surface area (Å²) in [6.07, 6.45) is 2.59. The largest absolute Gasteiger partial charge is 0.350 e. The van der Waals surface area contributed by atoms with E-state index in [0.29, 0.717) is 11.4 Å². The summed E-state index contributed by atoms with van der Waals surface area (Å²) in [6.45, 7) is 8.93. The van der Waals surface area contributed by atoms with Crippen molar-refractivity contribution in [2.75, 3.05) is 6.54 Å². The number of nitrogens with one attached hydrogen (secondary N) is 1. The number of hydrogen-bond donors (Lipinski definition) is 1. The van der Waals surface area contributed by atoms with Crippen molar-refractivity contribution >= 4 is 29.0 Å². The van der Waals surface area contributed by atoms with Crippen molar-refractivity contribution < 1.29 is 4.79 Å². The third kappa shape index (κ3) is 5.87. The van der Waals surface area contributed by atoms with Crippen LogP contribution < -0.4 is 5.32 Å². The minimum Gasteiger partial charge on any atom is -0.350 e. The highest BCUT2D eigenvalue weighted by Gasteiger charge is 2.19. The molecule has 0 aromatic carbocycles. The highest BCUT2D eigenvalue weighted by Crippen LogP contribution is 2.23. The Balaban J connectivity index is 2.49. The number of carbonyl (C=O) groups excluding carboxylic acids is 1. The molecule has 0 spiro atoms. The summed E-state index contributed by atoms with van der Waals surface area (Å²) in [5.41, 5.74) is 0.947. The van der Waals surface area contributed by atoms with Gasteiger partial charge < -0.3 is 5.32 Å². The Morgan fingerprint density at radius 1 is 1.47 bits per heavy atom. The molecule has 0 aliphatic carbocycles. The predicted octanol–water partition coefficient (Wildman–Crippen LogP) is 3.26. The Morgan fingerprint density at radius 3 is 2.74 bits per heavy atom. The number of halogens is 1. The average Bonchev–Trinajstić information content (AvgIpc) is 2.72. The Labute approximate surface area is 124 Å². The highest BCUT2D eigenvalue weighted by atomic mass is 35.5. The maximum Gasteiger partial charge on any atom is 0.265 e. The van der Waals surface area contributed by atoms with Gasteiger partial charge in [-0.15, -0.1) is 16.7 Å². The van der Waals surface area contributed by atoms with Crippen LogP contribution in [0.15, 0.2) is 0 Å². The zero-order valence-electron chi connectivity index (χ0n) is 12.0. The van der Waals surface area contributed by atoms with E-state index in [1.165, 1.54) is 0 Å². The van der Waals surface area contributed by atoms with E-state index in [0.717, 1.165) is 36.5 Å². The summed E-state index contributed by atoms with van der Waals surface area (Å²) in [7, 11) is 0. The highest BCUT2D eigenvalue weighted by molar-refractivity contribution is 7.08. The van der Waals surface area contributed by atoms with Gasteiger partial charge in [0.2, 0.25) is 0 Å². The molecule has 0 fully saturated rings. The fraction of sp³-hybridized carbons (Fsp3) is 0.769. The fourth-order valence-electron chi connectivity index (χ4n) is 1.80. The number of carbonyl (C=O) groups is 1. The number of aromatic nitrogens is 2. The molecule has 0 bridgehead atoms. The summed E-state index contributed by atoms with van der Waals surface area (Å²) < 4.78 is 3.85. The molecular weight excluding hydrogens is 282 g/mol. The van der Waals surface area contributed by atoms with Crippen molar-refractivity contribution in [1.82, 2.24) is 14.9 Å². The van der Waals surface area contributed by atoms with Gasteiger partial charge in [0.15, 0.2) is 0 Å². The predicted molar refractivity (Wildman–Crippen MR) is 80.0 cm³/mol. The first-order chi connectivity index (χ1) is 8.83. The van der Waals surface area contributed by atoms with Gasteiger partial charge in [0, 0.05) is 6.54 Å². The van der Waals surface area contributed by atoms with Crippen molar-refractivity contribution in [3.8, 4) is 0 Å². The van der Waals surface area contributed by atoms with Crippen LogP contribution in [-0.4, -0.2) is 27.4 Å². The molecule has 1 rings (SSSR count). The van der Waals surface area contributed by atoms with Crippen molar-refractivity contribution in [2.45, 2.75) is 52.3 Å². The molecule has 4 nitrogen and oxygen atoms in total. The number of alkyl halides is 1. The number of nitrogens with zero attached hydrogens (tertiary/aromatic N) is 2. The van der Waals surface area contributed by atoms with E-state index < -0.39 is 0 Å². The van der Waals surface area contributed by atoms with Gasteiger partial charge in [-0.1, -0.05) is 38.6 Å². The van der Waals surface area contributed by atoms with Crippen LogP contribution in [0.3, 0.4) is 0 Å². The second-order valence-electron chi connectivity index (χ2n) is 5.87. The summed E-state index contributed by atoms with van der Waals surface area (Å²) in [5, 5.41) is 6.80. The first-order valence-corrected chi connectivity index (χ1v) is 7.78. The van der Waals surface area contributed by atoms with Gasteiger partial charge in [0.25, 0.3) is 5.91 Å². The van der Waals surface area contributed by atoms with Crippen molar-refractivity contribution in [2.24, 2.45) is 5.41 Å². The van der Waals surface area contributed by atoms with Crippen LogP contribution in [0.4, 0.5) is 0 Å². The molecule has 0 aliphatic rings. The number of amides is 1. The van der Waals surface area contributed by atoms with Crippen molar-refractivity contribution in [3.63, 3.8) is 0 Å². The number of aryl methyl sites for hydroxylation is 1. The molecule has 108 valence electrons. The normalized spacial score (nSPS) is 13.3. The smallest absolute Gasteiger partial charge is 0.265 e. The van der Waals surface area contributed by atoms with Gasteiger partial charge in [-0.3, -0.25) is 4.79 Å². The summed E-state index contributed by atoms with van der Waals surface area (Å²) in [5.74, 6) is -0.113. The Bertz CT molecular complexity index is 414. The summed E-state index contributed by atoms with van der Waals surface area (Å²) >= 11 is 7.38. The van der Waals surface area contributed by atoms with Crippen molar-refractivity contribution in [3.05, 3.63) is 10.6 Å². The van der Waals surface area contributed by atoms with Crippen LogP contribution in [-0.2, 0) is 6.42 Å². The van der Waals surface area contributed by atoms with E-state index in [4.69, 9.17) is 11.6 Å². The molecule has 19 heavy (non-hydrogen) atoms. The number of rotatable bonds is 6. The van der Waals surface area contributed by atoms with Gasteiger partial charge in [0.05, 0.1) is 11.1 Å². The molecule has 1 amide bonds. The van der Waals surface area contributed by atoms with Gasteiger partial charge in [-0.25, -0.2) is 0 Å². The monoisotopic (exact) mass is 303 g/mol. The van der Waals surface area contributed by atoms with E-state index in [1.54, 1.807) is 0 Å². The van der Waals surface area contributed by atoms with Gasteiger partial charge in [0.1, 0.15) is 4.88 Å². The molecule has 1 aromatic heterocycles. The fourth-order valence-corrected chi connectivity index (χ4v) is 2.97. The molecule has 6 heteroatoms. The second kappa shape index (κ2) is 7.20. The van der Waals surface area contributed by atoms with E-state index in [-0.39, 0.29) is 16.7 Å². The molecular formula is C13H22ClN3OS. The standard InChI is InChI=1S/C13H22ClN3OS/c1-5-6-10-11(19-17-16-10)12(18)15-8-9(14)7-13(2,3)4/h9H,5-8H2,1-4H3,(H,15,18). The summed E-state index contributed by atoms with van der Waals surface area (Å²) in [6, 6.07) is 0. The van der Waals surface area contributed by atoms with Gasteiger partial charge in [-0.2, -0.15) is 0 Å². The van der Waals surface area contributed by atoms with Crippen LogP contribution in [0.1, 0.15) is 55.9 Å². The minimum atomic E-state index is -0.113. The molecule has 1 aromatic rings. The lowest BCUT2D eigenvalue weighted by Gasteiger charge is -2.21. The minimum absolute atomic E-state index is 0.0561. The third-order valence-electron chi connectivity index (χ3n) is 2.57. The van der Waals surface area contributed by atoms with E-state index in [2.05, 4.69) is 42.6 Å². The van der Waals surface area contributed by atoms with Crippen LogP contribution >= 0.6 is 23.1 Å². The molecule has 1 heterocycles. The van der Waals surface area contributed by atoms with Crippen LogP contribution in [0.2, 0.25) is 0 Å². The average molecular weight is 304 g/mol. The SMILES string of the molecule is CCCc1nnsc1C(=O)NCC(Cl)CC(C)(C)C. The van der Waals surface area contributed by atoms with Gasteiger partial charge >= 0.3 is 0 Å². The lowest BCUT2D eigenvalue weighted by Crippen LogP contribution is -2.31. The molecule has 1 unspecified atom stereocenters. The Hall–Kier alpha value is -0.680. The third-order valence-corrected chi connectivity index (χ3v) is 3.64. The molecule has 0 aliphatic heterocycles. The zero-order valence-corrected chi connectivity index (χ0v) is 13.6. The maximum atomic E-state index is 12.0. The van der Waals surface area contributed by atoms with E-state index >= 15 is 0 Å². The van der Waals surface area contributed by atoms with E-state index in [9.17, 15) is 4.79 Å². The van der Waals surface area contributed by atoms with Crippen molar-refractivity contribution in [1.29, 1.82) is 0 Å². The lowest BCUT2D eigenvalue weighted by molar-refractivity contribution is 0.0955. The Morgan fingerprint density at radius 2 is 2.16 bits per heavy atom. The molecule has 1 N–H and O–H groups in total. The quantitative estimate of drug-likeness (QED) is 0.821. The first-order valence-electron chi connectivity index (χ1n) is 6.57. The molecule has 1 atom stereocenters. The second-order valence-corrected chi connectivity index (χ2v) is 7.24. The zero-order chi connectivity index (χ0) is 14.5. The van der Waals surface area contributed by atoms with E-state index in [1.807, 2.05) is 0 Å². The van der Waals surface area contributed by atoms with Crippen LogP contribution in [0, 0.1) is 5.41 Å². The van der Waals surface area contributed by atoms with Gasteiger partial charge in [-0.05, 0) is 29.8 Å².